The molecule has 19 heavy (non-hydrogen) atoms. The molecule has 0 aromatic heterocycles. The van der Waals surface area contributed by atoms with E-state index >= 15 is 0 Å². The standard InChI is InChI=1S/C15H21NO3/c1-19-13-7-5-12(6-8-13)11-14(15(17)18)16-9-3-2-4-10-16/h5-8,14H,2-4,9-11H2,1H3,(H,17,18)/t14-/m1/s1. The Hall–Kier alpha value is -1.55. The Labute approximate surface area is 114 Å². The van der Waals surface area contributed by atoms with E-state index in [1.807, 2.05) is 24.3 Å². The van der Waals surface area contributed by atoms with Crippen molar-refractivity contribution in [3.05, 3.63) is 29.8 Å². The third kappa shape index (κ3) is 3.70. The summed E-state index contributed by atoms with van der Waals surface area (Å²) in [6, 6.07) is 7.24. The number of rotatable bonds is 5. The molecule has 1 heterocycles. The average molecular weight is 263 g/mol. The van der Waals surface area contributed by atoms with E-state index in [0.717, 1.165) is 37.2 Å². The highest BCUT2D eigenvalue weighted by Gasteiger charge is 2.26. The zero-order valence-corrected chi connectivity index (χ0v) is 11.3. The van der Waals surface area contributed by atoms with Gasteiger partial charge < -0.3 is 9.84 Å². The number of benzene rings is 1. The number of methoxy groups -OCH3 is 1. The molecule has 4 nitrogen and oxygen atoms in total. The van der Waals surface area contributed by atoms with Gasteiger partial charge in [-0.2, -0.15) is 0 Å². The first-order valence-electron chi connectivity index (χ1n) is 6.80. The number of likely N-dealkylation sites (tertiary alicyclic amines) is 1. The number of carbonyl (C=O) groups is 1. The van der Waals surface area contributed by atoms with Crippen LogP contribution in [0, 0.1) is 0 Å². The third-order valence-electron chi connectivity index (χ3n) is 3.70. The van der Waals surface area contributed by atoms with Gasteiger partial charge in [0.2, 0.25) is 0 Å². The maximum absolute atomic E-state index is 11.5. The van der Waals surface area contributed by atoms with Crippen molar-refractivity contribution in [2.24, 2.45) is 0 Å². The molecule has 0 bridgehead atoms. The summed E-state index contributed by atoms with van der Waals surface area (Å²) in [5, 5.41) is 9.42. The van der Waals surface area contributed by atoms with Gasteiger partial charge in [-0.05, 0) is 50.0 Å². The first kappa shape index (κ1) is 13.9. The largest absolute Gasteiger partial charge is 0.497 e. The highest BCUT2D eigenvalue weighted by molar-refractivity contribution is 5.74. The second-order valence-corrected chi connectivity index (χ2v) is 5.00. The van der Waals surface area contributed by atoms with Gasteiger partial charge >= 0.3 is 5.97 Å². The van der Waals surface area contributed by atoms with Gasteiger partial charge in [-0.15, -0.1) is 0 Å². The van der Waals surface area contributed by atoms with E-state index in [4.69, 9.17) is 4.74 Å². The molecule has 1 aliphatic heterocycles. The average Bonchev–Trinajstić information content (AvgIpc) is 2.46. The molecule has 1 aliphatic rings. The van der Waals surface area contributed by atoms with Crippen molar-refractivity contribution in [3.63, 3.8) is 0 Å². The molecule has 4 heteroatoms. The lowest BCUT2D eigenvalue weighted by Crippen LogP contribution is -2.45. The number of nitrogens with zero attached hydrogens (tertiary/aromatic N) is 1. The smallest absolute Gasteiger partial charge is 0.321 e. The third-order valence-corrected chi connectivity index (χ3v) is 3.70. The first-order chi connectivity index (χ1) is 9.20. The summed E-state index contributed by atoms with van der Waals surface area (Å²) in [6.45, 7) is 1.79. The number of aliphatic carboxylic acids is 1. The van der Waals surface area contributed by atoms with Crippen LogP contribution in [-0.4, -0.2) is 42.2 Å². The lowest BCUT2D eigenvalue weighted by molar-refractivity contribution is -0.143. The first-order valence-corrected chi connectivity index (χ1v) is 6.80. The van der Waals surface area contributed by atoms with Crippen LogP contribution in [0.1, 0.15) is 24.8 Å². The van der Waals surface area contributed by atoms with Crippen LogP contribution in [0.2, 0.25) is 0 Å². The molecule has 1 atom stereocenters. The van der Waals surface area contributed by atoms with Crippen molar-refractivity contribution in [2.45, 2.75) is 31.7 Å². The summed E-state index contributed by atoms with van der Waals surface area (Å²) in [7, 11) is 1.63. The number of hydrogen-bond acceptors (Lipinski definition) is 3. The summed E-state index contributed by atoms with van der Waals surface area (Å²) in [5.74, 6) is 0.0753. The van der Waals surface area contributed by atoms with Crippen LogP contribution in [0.3, 0.4) is 0 Å². The van der Waals surface area contributed by atoms with Crippen molar-refractivity contribution in [1.29, 1.82) is 0 Å². The highest BCUT2D eigenvalue weighted by Crippen LogP contribution is 2.18. The maximum atomic E-state index is 11.5. The Morgan fingerprint density at radius 2 is 1.89 bits per heavy atom. The molecule has 104 valence electrons. The lowest BCUT2D eigenvalue weighted by atomic mass is 10.0. The normalized spacial score (nSPS) is 17.9. The van der Waals surface area contributed by atoms with Crippen molar-refractivity contribution >= 4 is 5.97 Å². The minimum Gasteiger partial charge on any atom is -0.497 e. The minimum absolute atomic E-state index is 0.409. The Bertz CT molecular complexity index is 410. The van der Waals surface area contributed by atoms with Crippen molar-refractivity contribution in [3.8, 4) is 5.75 Å². The van der Waals surface area contributed by atoms with Crippen LogP contribution >= 0.6 is 0 Å². The molecule has 0 unspecified atom stereocenters. The SMILES string of the molecule is COc1ccc(C[C@H](C(=O)O)N2CCCCC2)cc1. The van der Waals surface area contributed by atoms with Gasteiger partial charge in [-0.25, -0.2) is 0 Å². The zero-order valence-electron chi connectivity index (χ0n) is 11.3. The lowest BCUT2D eigenvalue weighted by Gasteiger charge is -2.32. The molecular formula is C15H21NO3. The highest BCUT2D eigenvalue weighted by atomic mass is 16.5. The molecule has 0 amide bonds. The summed E-state index contributed by atoms with van der Waals surface area (Å²) >= 11 is 0. The van der Waals surface area contributed by atoms with Gasteiger partial charge in [0.05, 0.1) is 7.11 Å². The summed E-state index contributed by atoms with van der Waals surface area (Å²) < 4.78 is 5.11. The van der Waals surface area contributed by atoms with Crippen molar-refractivity contribution < 1.29 is 14.6 Å². The van der Waals surface area contributed by atoms with E-state index in [1.54, 1.807) is 7.11 Å². The van der Waals surface area contributed by atoms with Crippen LogP contribution in [0.4, 0.5) is 0 Å². The van der Waals surface area contributed by atoms with E-state index in [9.17, 15) is 9.90 Å². The molecule has 1 fully saturated rings. The molecular weight excluding hydrogens is 242 g/mol. The maximum Gasteiger partial charge on any atom is 0.321 e. The van der Waals surface area contributed by atoms with Gasteiger partial charge in [-0.3, -0.25) is 9.69 Å². The van der Waals surface area contributed by atoms with E-state index in [0.29, 0.717) is 6.42 Å². The molecule has 0 radical (unpaired) electrons. The van der Waals surface area contributed by atoms with Gasteiger partial charge in [0.15, 0.2) is 0 Å². The summed E-state index contributed by atoms with van der Waals surface area (Å²) in [4.78, 5) is 13.6. The van der Waals surface area contributed by atoms with Gasteiger partial charge in [0.1, 0.15) is 11.8 Å². The Morgan fingerprint density at radius 1 is 1.26 bits per heavy atom. The predicted molar refractivity (Wildman–Crippen MR) is 73.5 cm³/mol. The van der Waals surface area contributed by atoms with Gasteiger partial charge in [0.25, 0.3) is 0 Å². The number of hydrogen-bond donors (Lipinski definition) is 1. The molecule has 1 N–H and O–H groups in total. The Kier molecular flexibility index (Phi) is 4.80. The van der Waals surface area contributed by atoms with Crippen LogP contribution in [0.15, 0.2) is 24.3 Å². The number of piperidine rings is 1. The van der Waals surface area contributed by atoms with E-state index < -0.39 is 12.0 Å². The van der Waals surface area contributed by atoms with E-state index in [2.05, 4.69) is 4.90 Å². The monoisotopic (exact) mass is 263 g/mol. The molecule has 0 saturated carbocycles. The minimum atomic E-state index is -0.724. The van der Waals surface area contributed by atoms with Gasteiger partial charge in [-0.1, -0.05) is 18.6 Å². The second kappa shape index (κ2) is 6.57. The van der Waals surface area contributed by atoms with Crippen LogP contribution in [0.5, 0.6) is 5.75 Å². The van der Waals surface area contributed by atoms with Crippen LogP contribution < -0.4 is 4.74 Å². The fourth-order valence-corrected chi connectivity index (χ4v) is 2.59. The molecule has 2 rings (SSSR count). The molecule has 1 saturated heterocycles. The topological polar surface area (TPSA) is 49.8 Å². The molecule has 0 aliphatic carbocycles. The van der Waals surface area contributed by atoms with Crippen molar-refractivity contribution in [2.75, 3.05) is 20.2 Å². The quantitative estimate of drug-likeness (QED) is 0.884. The second-order valence-electron chi connectivity index (χ2n) is 5.00. The van der Waals surface area contributed by atoms with Crippen molar-refractivity contribution in [1.82, 2.24) is 4.90 Å². The molecule has 0 spiro atoms. The fourth-order valence-electron chi connectivity index (χ4n) is 2.59. The van der Waals surface area contributed by atoms with Crippen LogP contribution in [0.25, 0.3) is 0 Å². The van der Waals surface area contributed by atoms with E-state index in [-0.39, 0.29) is 0 Å². The summed E-state index contributed by atoms with van der Waals surface area (Å²) in [5.41, 5.74) is 1.04. The Morgan fingerprint density at radius 3 is 2.42 bits per heavy atom. The summed E-state index contributed by atoms with van der Waals surface area (Å²) in [6.07, 6.45) is 3.98. The molecule has 1 aromatic rings. The zero-order chi connectivity index (χ0) is 13.7. The van der Waals surface area contributed by atoms with Gasteiger partial charge in [0, 0.05) is 0 Å². The Balaban J connectivity index is 2.04. The fraction of sp³-hybridized carbons (Fsp3) is 0.533. The number of ether oxygens (including phenoxy) is 1. The number of carboxylic acids is 1. The predicted octanol–water partition coefficient (Wildman–Crippen LogP) is 2.18. The number of carboxylic acid groups (broad SMARTS) is 1. The van der Waals surface area contributed by atoms with Crippen LogP contribution in [-0.2, 0) is 11.2 Å². The van der Waals surface area contributed by atoms with E-state index in [1.165, 1.54) is 6.42 Å². The molecule has 1 aromatic carbocycles.